The molecule has 0 aliphatic rings. The van der Waals surface area contributed by atoms with Crippen molar-refractivity contribution in [2.24, 2.45) is 0 Å². The van der Waals surface area contributed by atoms with Gasteiger partial charge in [0.05, 0.1) is 5.69 Å². The SMILES string of the molecule is O=C(Nc1ccc(F)c(F)c1)c1cc(-c2cccc3ccccc23)n[nH]1. The molecule has 128 valence electrons. The van der Waals surface area contributed by atoms with Crippen molar-refractivity contribution in [3.05, 3.63) is 84.1 Å². The van der Waals surface area contributed by atoms with Crippen molar-refractivity contribution >= 4 is 22.4 Å². The Balaban J connectivity index is 1.63. The van der Waals surface area contributed by atoms with Crippen LogP contribution in [0.15, 0.2) is 66.7 Å². The molecule has 4 rings (SSSR count). The second-order valence-corrected chi connectivity index (χ2v) is 5.78. The Bertz CT molecular complexity index is 1120. The van der Waals surface area contributed by atoms with Gasteiger partial charge in [0.25, 0.3) is 5.91 Å². The van der Waals surface area contributed by atoms with Crippen LogP contribution in [0.2, 0.25) is 0 Å². The van der Waals surface area contributed by atoms with E-state index in [1.165, 1.54) is 6.07 Å². The smallest absolute Gasteiger partial charge is 0.273 e. The summed E-state index contributed by atoms with van der Waals surface area (Å²) in [6, 6.07) is 18.5. The van der Waals surface area contributed by atoms with Gasteiger partial charge in [-0.05, 0) is 29.0 Å². The van der Waals surface area contributed by atoms with E-state index in [1.807, 2.05) is 42.5 Å². The lowest BCUT2D eigenvalue weighted by atomic mass is 10.0. The molecule has 0 aliphatic heterocycles. The van der Waals surface area contributed by atoms with Gasteiger partial charge in [-0.2, -0.15) is 5.10 Å². The zero-order valence-corrected chi connectivity index (χ0v) is 13.5. The van der Waals surface area contributed by atoms with Crippen molar-refractivity contribution in [1.29, 1.82) is 0 Å². The Kier molecular flexibility index (Phi) is 3.93. The molecule has 0 saturated heterocycles. The highest BCUT2D eigenvalue weighted by molar-refractivity contribution is 6.04. The van der Waals surface area contributed by atoms with E-state index in [0.717, 1.165) is 28.5 Å². The van der Waals surface area contributed by atoms with E-state index in [2.05, 4.69) is 15.5 Å². The molecule has 0 fully saturated rings. The number of nitrogens with one attached hydrogen (secondary N) is 2. The highest BCUT2D eigenvalue weighted by Crippen LogP contribution is 2.27. The van der Waals surface area contributed by atoms with Gasteiger partial charge in [0.1, 0.15) is 5.69 Å². The van der Waals surface area contributed by atoms with E-state index >= 15 is 0 Å². The quantitative estimate of drug-likeness (QED) is 0.560. The van der Waals surface area contributed by atoms with E-state index in [-0.39, 0.29) is 11.4 Å². The number of carbonyl (C=O) groups is 1. The minimum Gasteiger partial charge on any atom is -0.321 e. The first-order valence-corrected chi connectivity index (χ1v) is 7.92. The van der Waals surface area contributed by atoms with Crippen molar-refractivity contribution in [3.8, 4) is 11.3 Å². The number of aromatic amines is 1. The van der Waals surface area contributed by atoms with E-state index < -0.39 is 17.5 Å². The van der Waals surface area contributed by atoms with Crippen molar-refractivity contribution in [3.63, 3.8) is 0 Å². The van der Waals surface area contributed by atoms with Crippen LogP contribution in [0, 0.1) is 11.6 Å². The Morgan fingerprint density at radius 3 is 2.58 bits per heavy atom. The van der Waals surface area contributed by atoms with Gasteiger partial charge in [0.15, 0.2) is 11.6 Å². The zero-order chi connectivity index (χ0) is 18.1. The Morgan fingerprint density at radius 1 is 0.923 bits per heavy atom. The predicted molar refractivity (Wildman–Crippen MR) is 95.8 cm³/mol. The van der Waals surface area contributed by atoms with Crippen LogP contribution in [0.4, 0.5) is 14.5 Å². The van der Waals surface area contributed by atoms with Crippen LogP contribution in [0.1, 0.15) is 10.5 Å². The maximum atomic E-state index is 13.3. The summed E-state index contributed by atoms with van der Waals surface area (Å²) in [5, 5.41) is 11.5. The van der Waals surface area contributed by atoms with E-state index in [0.29, 0.717) is 5.69 Å². The summed E-state index contributed by atoms with van der Waals surface area (Å²) in [6.07, 6.45) is 0. The third-order valence-electron chi connectivity index (χ3n) is 4.07. The van der Waals surface area contributed by atoms with Gasteiger partial charge in [-0.15, -0.1) is 0 Å². The maximum absolute atomic E-state index is 13.3. The summed E-state index contributed by atoms with van der Waals surface area (Å²) in [6.45, 7) is 0. The molecular formula is C20H13F2N3O. The monoisotopic (exact) mass is 349 g/mol. The molecule has 0 atom stereocenters. The number of amides is 1. The number of hydrogen-bond donors (Lipinski definition) is 2. The summed E-state index contributed by atoms with van der Waals surface area (Å²) in [4.78, 5) is 12.3. The number of benzene rings is 3. The molecule has 0 unspecified atom stereocenters. The summed E-state index contributed by atoms with van der Waals surface area (Å²) in [5.74, 6) is -2.48. The standard InChI is InChI=1S/C20H13F2N3O/c21-16-9-8-13(10-17(16)22)23-20(26)19-11-18(24-25-19)15-7-3-5-12-4-1-2-6-14(12)15/h1-11H,(H,23,26)(H,24,25). The topological polar surface area (TPSA) is 57.8 Å². The Hall–Kier alpha value is -3.54. The first kappa shape index (κ1) is 16.0. The number of nitrogens with zero attached hydrogens (tertiary/aromatic N) is 1. The van der Waals surface area contributed by atoms with Crippen molar-refractivity contribution in [2.45, 2.75) is 0 Å². The minimum absolute atomic E-state index is 0.162. The number of rotatable bonds is 3. The number of carbonyl (C=O) groups excluding carboxylic acids is 1. The highest BCUT2D eigenvalue weighted by Gasteiger charge is 2.13. The van der Waals surface area contributed by atoms with Gasteiger partial charge in [0.2, 0.25) is 0 Å². The van der Waals surface area contributed by atoms with Crippen molar-refractivity contribution in [2.75, 3.05) is 5.32 Å². The summed E-state index contributed by atoms with van der Waals surface area (Å²) < 4.78 is 26.2. The van der Waals surface area contributed by atoms with Gasteiger partial charge < -0.3 is 5.32 Å². The Labute approximate surface area is 147 Å². The van der Waals surface area contributed by atoms with Gasteiger partial charge in [-0.3, -0.25) is 9.89 Å². The maximum Gasteiger partial charge on any atom is 0.273 e. The number of H-pyrrole nitrogens is 1. The molecule has 6 heteroatoms. The van der Waals surface area contributed by atoms with E-state index in [4.69, 9.17) is 0 Å². The molecule has 0 bridgehead atoms. The van der Waals surface area contributed by atoms with Crippen LogP contribution in [-0.2, 0) is 0 Å². The molecule has 1 amide bonds. The number of anilines is 1. The van der Waals surface area contributed by atoms with Crippen LogP contribution in [-0.4, -0.2) is 16.1 Å². The van der Waals surface area contributed by atoms with Gasteiger partial charge in [-0.1, -0.05) is 42.5 Å². The second-order valence-electron chi connectivity index (χ2n) is 5.78. The summed E-state index contributed by atoms with van der Waals surface area (Å²) in [7, 11) is 0. The lowest BCUT2D eigenvalue weighted by Crippen LogP contribution is -2.12. The first-order valence-electron chi connectivity index (χ1n) is 7.92. The fourth-order valence-corrected chi connectivity index (χ4v) is 2.80. The highest BCUT2D eigenvalue weighted by atomic mass is 19.2. The number of fused-ring (bicyclic) bond motifs is 1. The fraction of sp³-hybridized carbons (Fsp3) is 0. The van der Waals surface area contributed by atoms with Crippen LogP contribution >= 0.6 is 0 Å². The van der Waals surface area contributed by atoms with E-state index in [1.54, 1.807) is 6.07 Å². The first-order chi connectivity index (χ1) is 12.6. The molecule has 0 saturated carbocycles. The molecule has 3 aromatic carbocycles. The van der Waals surface area contributed by atoms with Crippen LogP contribution in [0.5, 0.6) is 0 Å². The predicted octanol–water partition coefficient (Wildman–Crippen LogP) is 4.76. The fourth-order valence-electron chi connectivity index (χ4n) is 2.80. The average molecular weight is 349 g/mol. The minimum atomic E-state index is -1.02. The van der Waals surface area contributed by atoms with Gasteiger partial charge in [0, 0.05) is 17.3 Å². The normalized spacial score (nSPS) is 10.8. The lowest BCUT2D eigenvalue weighted by molar-refractivity contribution is 0.102. The molecule has 0 radical (unpaired) electrons. The van der Waals surface area contributed by atoms with Crippen LogP contribution in [0.3, 0.4) is 0 Å². The summed E-state index contributed by atoms with van der Waals surface area (Å²) in [5.41, 5.74) is 1.90. The molecular weight excluding hydrogens is 336 g/mol. The molecule has 4 nitrogen and oxygen atoms in total. The largest absolute Gasteiger partial charge is 0.321 e. The number of hydrogen-bond acceptors (Lipinski definition) is 2. The van der Waals surface area contributed by atoms with Crippen molar-refractivity contribution in [1.82, 2.24) is 10.2 Å². The third-order valence-corrected chi connectivity index (χ3v) is 4.07. The van der Waals surface area contributed by atoms with Gasteiger partial charge in [-0.25, -0.2) is 8.78 Å². The number of aromatic nitrogens is 2. The van der Waals surface area contributed by atoms with Crippen LogP contribution < -0.4 is 5.32 Å². The summed E-state index contributed by atoms with van der Waals surface area (Å²) >= 11 is 0. The lowest BCUT2D eigenvalue weighted by Gasteiger charge is -2.04. The van der Waals surface area contributed by atoms with Crippen LogP contribution in [0.25, 0.3) is 22.0 Å². The Morgan fingerprint density at radius 2 is 1.73 bits per heavy atom. The average Bonchev–Trinajstić information content (AvgIpc) is 3.14. The molecule has 0 aliphatic carbocycles. The molecule has 4 aromatic rings. The molecule has 1 heterocycles. The molecule has 26 heavy (non-hydrogen) atoms. The number of halogens is 2. The van der Waals surface area contributed by atoms with Gasteiger partial charge >= 0.3 is 0 Å². The molecule has 0 spiro atoms. The second kappa shape index (κ2) is 6.40. The van der Waals surface area contributed by atoms with E-state index in [9.17, 15) is 13.6 Å². The zero-order valence-electron chi connectivity index (χ0n) is 13.5. The third kappa shape index (κ3) is 2.93. The molecule has 1 aromatic heterocycles. The van der Waals surface area contributed by atoms with Crippen molar-refractivity contribution < 1.29 is 13.6 Å². The molecule has 2 N–H and O–H groups in total.